The molecule has 1 fully saturated rings. The van der Waals surface area contributed by atoms with Gasteiger partial charge in [-0.15, -0.1) is 10.5 Å². The molecule has 2 heterocycles. The second kappa shape index (κ2) is 10.9. The number of carbonyl (C=O) groups excluding carboxylic acids is 1. The summed E-state index contributed by atoms with van der Waals surface area (Å²) in [4.78, 5) is 27.6. The first-order valence-electron chi connectivity index (χ1n) is 12.1. The van der Waals surface area contributed by atoms with Crippen LogP contribution in [0.3, 0.4) is 0 Å². The molecule has 2 aliphatic heterocycles. The van der Waals surface area contributed by atoms with Crippen molar-refractivity contribution in [1.82, 2.24) is 9.80 Å². The van der Waals surface area contributed by atoms with Gasteiger partial charge >= 0.3 is 6.09 Å². The van der Waals surface area contributed by atoms with E-state index in [-0.39, 0.29) is 43.2 Å². The Labute approximate surface area is 221 Å². The smallest absolute Gasteiger partial charge is 0.415 e. The van der Waals surface area contributed by atoms with E-state index in [1.54, 1.807) is 13.1 Å². The van der Waals surface area contributed by atoms with Crippen molar-refractivity contribution in [2.24, 2.45) is 5.73 Å². The van der Waals surface area contributed by atoms with Crippen molar-refractivity contribution < 1.29 is 32.6 Å². The van der Waals surface area contributed by atoms with Gasteiger partial charge in [0, 0.05) is 41.3 Å². The van der Waals surface area contributed by atoms with E-state index in [2.05, 4.69) is 5.32 Å². The topological polar surface area (TPSA) is 108 Å². The Morgan fingerprint density at radius 1 is 1.32 bits per heavy atom. The number of ether oxygens (including phenoxy) is 1. The molecule has 2 atom stereocenters. The molecule has 8 nitrogen and oxygen atoms in total. The number of rotatable bonds is 8. The minimum atomic E-state index is -2.72. The molecule has 1 aromatic rings. The Hall–Kier alpha value is -3.25. The highest BCUT2D eigenvalue weighted by Crippen LogP contribution is 2.48. The van der Waals surface area contributed by atoms with Gasteiger partial charge in [-0.3, -0.25) is 14.6 Å². The van der Waals surface area contributed by atoms with E-state index in [1.165, 1.54) is 18.2 Å². The second-order valence-electron chi connectivity index (χ2n) is 9.72. The van der Waals surface area contributed by atoms with Crippen molar-refractivity contribution >= 4 is 33.5 Å². The number of nitrogens with zero attached hydrogens (tertiary/aromatic N) is 2. The van der Waals surface area contributed by atoms with Crippen molar-refractivity contribution in [3.8, 4) is 5.75 Å². The van der Waals surface area contributed by atoms with Gasteiger partial charge in [0.1, 0.15) is 11.6 Å². The predicted octanol–water partition coefficient (Wildman–Crippen LogP) is 5.04. The number of nitrogens with two attached hydrogens (primary N) is 1. The molecule has 12 heteroatoms. The monoisotopic (exact) mass is 552 g/mol. The summed E-state index contributed by atoms with van der Waals surface area (Å²) < 4.78 is 47.4. The van der Waals surface area contributed by atoms with E-state index in [4.69, 9.17) is 10.5 Å². The second-order valence-corrected chi connectivity index (χ2v) is 11.7. The quantitative estimate of drug-likeness (QED) is 0.390. The molecule has 38 heavy (non-hydrogen) atoms. The van der Waals surface area contributed by atoms with Crippen molar-refractivity contribution in [3.63, 3.8) is 0 Å². The van der Waals surface area contributed by atoms with Crippen LogP contribution in [-0.2, 0) is 4.79 Å². The first-order valence-corrected chi connectivity index (χ1v) is 13.5. The largest absolute Gasteiger partial charge is 0.488 e. The van der Waals surface area contributed by atoms with Gasteiger partial charge in [0.05, 0.1) is 29.3 Å². The average Bonchev–Trinajstić information content (AvgIpc) is 3.24. The third-order valence-electron chi connectivity index (χ3n) is 6.75. The highest BCUT2D eigenvalue weighted by molar-refractivity contribution is 8.19. The molecule has 206 valence electrons. The summed E-state index contributed by atoms with van der Waals surface area (Å²) in [5.41, 5.74) is 7.45. The molecule has 1 saturated carbocycles. The number of carboxylic acid groups (broad SMARTS) is 1. The van der Waals surface area contributed by atoms with Gasteiger partial charge in [-0.05, 0) is 57.4 Å². The number of amides is 2. The minimum absolute atomic E-state index is 0.0833. The van der Waals surface area contributed by atoms with Gasteiger partial charge in [-0.2, -0.15) is 0 Å². The number of primary amides is 1. The average molecular weight is 553 g/mol. The summed E-state index contributed by atoms with van der Waals surface area (Å²) in [5, 5.41) is 14.8. The van der Waals surface area contributed by atoms with Gasteiger partial charge in [0.15, 0.2) is 0 Å². The summed E-state index contributed by atoms with van der Waals surface area (Å²) in [6, 6.07) is 3.90. The Kier molecular flexibility index (Phi) is 7.93. The number of anilines is 1. The minimum Gasteiger partial charge on any atom is -0.488 e. The normalized spacial score (nSPS) is 21.9. The van der Waals surface area contributed by atoms with Crippen molar-refractivity contribution in [3.05, 3.63) is 58.2 Å². The van der Waals surface area contributed by atoms with Crippen LogP contribution >= 0.6 is 10.5 Å². The van der Waals surface area contributed by atoms with Crippen molar-refractivity contribution in [2.75, 3.05) is 19.4 Å². The van der Waals surface area contributed by atoms with Crippen LogP contribution in [0, 0.1) is 5.82 Å². The Morgan fingerprint density at radius 3 is 2.61 bits per heavy atom. The van der Waals surface area contributed by atoms with Crippen LogP contribution in [0.4, 0.5) is 23.7 Å². The maximum absolute atomic E-state index is 14.2. The van der Waals surface area contributed by atoms with E-state index in [9.17, 15) is 27.9 Å². The van der Waals surface area contributed by atoms with Crippen LogP contribution in [-0.4, -0.2) is 63.8 Å². The van der Waals surface area contributed by atoms with Crippen LogP contribution < -0.4 is 15.8 Å². The van der Waals surface area contributed by atoms with Crippen molar-refractivity contribution in [1.29, 1.82) is 0 Å². The third kappa shape index (κ3) is 5.91. The van der Waals surface area contributed by atoms with E-state index in [1.807, 2.05) is 30.4 Å². The maximum atomic E-state index is 14.2. The summed E-state index contributed by atoms with van der Waals surface area (Å²) >= 11 is 0. The lowest BCUT2D eigenvalue weighted by atomic mass is 9.94. The molecule has 3 aliphatic rings. The fourth-order valence-electron chi connectivity index (χ4n) is 4.70. The standard InChI is InChI=1S/C26H31F3N4O4S/c1-15-24(31-19-5-4-16(27)12-20(19)37-17-6-9-26(28,29)10-7-17)18-8-11-38(21(18)14-33(15)25(35)36)23(32(2)3)13-22(30)34/h4-5,8,11-12,14,17,23,31H,6-7,9-10,13H2,1-3H3,(H2,30,34)(H,35,36). The summed E-state index contributed by atoms with van der Waals surface area (Å²) in [6.45, 7) is 1.64. The SMILES string of the molecule is CC1=C(Nc2ccc(F)cc2OC2CCC(F)(F)CC2)C2=CC=S(C(CC(N)=O)N(C)C)C2=CN1C(=O)O. The highest BCUT2D eigenvalue weighted by atomic mass is 32.2. The zero-order chi connectivity index (χ0) is 27.8. The summed E-state index contributed by atoms with van der Waals surface area (Å²) in [6.07, 6.45) is 1.48. The third-order valence-corrected chi connectivity index (χ3v) is 9.19. The van der Waals surface area contributed by atoms with Gasteiger partial charge in [0.2, 0.25) is 11.8 Å². The Morgan fingerprint density at radius 2 is 2.00 bits per heavy atom. The first kappa shape index (κ1) is 27.8. The molecule has 0 spiro atoms. The molecular weight excluding hydrogens is 521 g/mol. The summed E-state index contributed by atoms with van der Waals surface area (Å²) in [5.74, 6) is -3.59. The van der Waals surface area contributed by atoms with Crippen LogP contribution in [0.25, 0.3) is 0 Å². The van der Waals surface area contributed by atoms with E-state index >= 15 is 0 Å². The molecule has 4 rings (SSSR count). The molecule has 0 aromatic heterocycles. The zero-order valence-corrected chi connectivity index (χ0v) is 22.2. The number of alkyl halides is 2. The number of benzene rings is 1. The number of fused-ring (bicyclic) bond motifs is 1. The molecule has 2 amide bonds. The predicted molar refractivity (Wildman–Crippen MR) is 142 cm³/mol. The van der Waals surface area contributed by atoms with E-state index in [0.717, 1.165) is 10.5 Å². The molecule has 2 unspecified atom stereocenters. The number of carbonyl (C=O) groups is 2. The van der Waals surface area contributed by atoms with E-state index < -0.39 is 40.3 Å². The first-order chi connectivity index (χ1) is 17.9. The number of nitrogens with one attached hydrogen (secondary N) is 1. The van der Waals surface area contributed by atoms with Crippen LogP contribution in [0.5, 0.6) is 5.75 Å². The Bertz CT molecular complexity index is 1260. The number of hydrogen-bond donors (Lipinski definition) is 3. The molecule has 0 bridgehead atoms. The molecule has 1 aromatic carbocycles. The number of hydrogen-bond acceptors (Lipinski definition) is 5. The number of allylic oxidation sites excluding steroid dienone is 3. The molecule has 0 saturated heterocycles. The fourth-order valence-corrected chi connectivity index (χ4v) is 7.05. The van der Waals surface area contributed by atoms with Gasteiger partial charge in [-0.25, -0.2) is 18.0 Å². The van der Waals surface area contributed by atoms with E-state index in [0.29, 0.717) is 22.0 Å². The Balaban J connectivity index is 1.66. The molecule has 4 N–H and O–H groups in total. The van der Waals surface area contributed by atoms with Crippen molar-refractivity contribution in [2.45, 2.75) is 56.4 Å². The molecule has 1 aliphatic carbocycles. The van der Waals surface area contributed by atoms with Gasteiger partial charge in [-0.1, -0.05) is 0 Å². The maximum Gasteiger partial charge on any atom is 0.415 e. The lowest BCUT2D eigenvalue weighted by Crippen LogP contribution is -2.33. The lowest BCUT2D eigenvalue weighted by Gasteiger charge is -2.33. The zero-order valence-electron chi connectivity index (χ0n) is 21.3. The van der Waals surface area contributed by atoms with Gasteiger partial charge < -0.3 is 20.9 Å². The highest BCUT2D eigenvalue weighted by Gasteiger charge is 2.37. The van der Waals surface area contributed by atoms with Crippen LogP contribution in [0.15, 0.2) is 52.3 Å². The molecular formula is C26H31F3N4O4S. The fraction of sp³-hybridized carbons (Fsp3) is 0.423. The van der Waals surface area contributed by atoms with Gasteiger partial charge in [0.25, 0.3) is 0 Å². The number of halogens is 3. The molecule has 0 radical (unpaired) electrons. The van der Waals surface area contributed by atoms with Crippen LogP contribution in [0.1, 0.15) is 39.0 Å². The lowest BCUT2D eigenvalue weighted by molar-refractivity contribution is -0.118. The summed E-state index contributed by atoms with van der Waals surface area (Å²) in [7, 11) is 3.00. The van der Waals surface area contributed by atoms with Crippen LogP contribution in [0.2, 0.25) is 0 Å².